The van der Waals surface area contributed by atoms with Crippen molar-refractivity contribution in [1.82, 2.24) is 9.97 Å². The average molecular weight is 241 g/mol. The van der Waals surface area contributed by atoms with Crippen molar-refractivity contribution in [1.29, 1.82) is 0 Å². The Labute approximate surface area is 106 Å². The van der Waals surface area contributed by atoms with Crippen LogP contribution < -0.4 is 10.5 Å². The number of para-hydroxylation sites is 1. The van der Waals surface area contributed by atoms with Crippen LogP contribution in [0.4, 0.5) is 0 Å². The van der Waals surface area contributed by atoms with Gasteiger partial charge in [-0.1, -0.05) is 18.2 Å². The van der Waals surface area contributed by atoms with E-state index >= 15 is 0 Å². The molecular formula is C14H15N3O. The van der Waals surface area contributed by atoms with Crippen molar-refractivity contribution in [3.05, 3.63) is 47.4 Å². The van der Waals surface area contributed by atoms with E-state index in [2.05, 4.69) is 9.97 Å². The summed E-state index contributed by atoms with van der Waals surface area (Å²) in [4.78, 5) is 8.54. The van der Waals surface area contributed by atoms with Gasteiger partial charge in [0, 0.05) is 17.7 Å². The van der Waals surface area contributed by atoms with Gasteiger partial charge in [0.1, 0.15) is 12.1 Å². The van der Waals surface area contributed by atoms with Crippen molar-refractivity contribution in [2.75, 3.05) is 0 Å². The zero-order valence-corrected chi connectivity index (χ0v) is 10.1. The molecule has 18 heavy (non-hydrogen) atoms. The van der Waals surface area contributed by atoms with Crippen LogP contribution in [-0.4, -0.2) is 9.97 Å². The molecule has 2 aromatic rings. The van der Waals surface area contributed by atoms with Crippen molar-refractivity contribution in [2.45, 2.75) is 25.8 Å². The molecule has 3 rings (SSSR count). The number of aromatic nitrogens is 2. The number of ether oxygens (including phenoxy) is 1. The fourth-order valence-electron chi connectivity index (χ4n) is 2.29. The van der Waals surface area contributed by atoms with Crippen LogP contribution >= 0.6 is 0 Å². The van der Waals surface area contributed by atoms with E-state index in [-0.39, 0.29) is 0 Å². The molecule has 4 heteroatoms. The van der Waals surface area contributed by atoms with E-state index in [1.54, 1.807) is 6.33 Å². The second-order valence-corrected chi connectivity index (χ2v) is 4.37. The number of hydrogen-bond donors (Lipinski definition) is 1. The van der Waals surface area contributed by atoms with Gasteiger partial charge in [0.05, 0.1) is 5.69 Å². The van der Waals surface area contributed by atoms with Gasteiger partial charge in [0.2, 0.25) is 5.88 Å². The molecule has 1 heterocycles. The third-order valence-electron chi connectivity index (χ3n) is 3.23. The SMILES string of the molecule is NCc1ccccc1Oc1ncnc2c1CCC2. The highest BCUT2D eigenvalue weighted by molar-refractivity contribution is 5.40. The summed E-state index contributed by atoms with van der Waals surface area (Å²) in [6.45, 7) is 0.462. The van der Waals surface area contributed by atoms with Gasteiger partial charge in [-0.15, -0.1) is 0 Å². The molecule has 0 unspecified atom stereocenters. The molecule has 0 spiro atoms. The molecule has 0 amide bonds. The number of nitrogens with two attached hydrogens (primary N) is 1. The predicted molar refractivity (Wildman–Crippen MR) is 68.5 cm³/mol. The maximum Gasteiger partial charge on any atom is 0.225 e. The lowest BCUT2D eigenvalue weighted by molar-refractivity contribution is 0.450. The highest BCUT2D eigenvalue weighted by atomic mass is 16.5. The van der Waals surface area contributed by atoms with Crippen LogP contribution in [0.1, 0.15) is 23.2 Å². The van der Waals surface area contributed by atoms with Gasteiger partial charge in [0.25, 0.3) is 0 Å². The third-order valence-corrected chi connectivity index (χ3v) is 3.23. The Morgan fingerprint density at radius 3 is 2.94 bits per heavy atom. The van der Waals surface area contributed by atoms with Gasteiger partial charge in [-0.05, 0) is 25.3 Å². The quantitative estimate of drug-likeness (QED) is 0.895. The first kappa shape index (κ1) is 11.2. The molecule has 92 valence electrons. The minimum absolute atomic E-state index is 0.462. The minimum Gasteiger partial charge on any atom is -0.438 e. The normalized spacial score (nSPS) is 13.4. The summed E-state index contributed by atoms with van der Waals surface area (Å²) in [5.41, 5.74) is 8.95. The molecule has 0 saturated carbocycles. The van der Waals surface area contributed by atoms with Gasteiger partial charge in [-0.25, -0.2) is 9.97 Å². The van der Waals surface area contributed by atoms with Crippen molar-refractivity contribution in [3.8, 4) is 11.6 Å². The number of rotatable bonds is 3. The zero-order valence-electron chi connectivity index (χ0n) is 10.1. The van der Waals surface area contributed by atoms with E-state index in [1.165, 1.54) is 0 Å². The molecule has 1 aliphatic carbocycles. The Balaban J connectivity index is 1.95. The van der Waals surface area contributed by atoms with E-state index < -0.39 is 0 Å². The molecule has 0 radical (unpaired) electrons. The Morgan fingerprint density at radius 2 is 2.06 bits per heavy atom. The van der Waals surface area contributed by atoms with Gasteiger partial charge < -0.3 is 10.5 Å². The van der Waals surface area contributed by atoms with E-state index in [4.69, 9.17) is 10.5 Å². The van der Waals surface area contributed by atoms with Crippen molar-refractivity contribution in [3.63, 3.8) is 0 Å². The summed E-state index contributed by atoms with van der Waals surface area (Å²) >= 11 is 0. The maximum atomic E-state index is 5.91. The monoisotopic (exact) mass is 241 g/mol. The van der Waals surface area contributed by atoms with Crippen molar-refractivity contribution >= 4 is 0 Å². The minimum atomic E-state index is 0.462. The van der Waals surface area contributed by atoms with Gasteiger partial charge in [0.15, 0.2) is 0 Å². The lowest BCUT2D eigenvalue weighted by atomic mass is 10.2. The Bertz CT molecular complexity index is 569. The molecule has 0 fully saturated rings. The molecule has 2 N–H and O–H groups in total. The van der Waals surface area contributed by atoms with Crippen LogP contribution in [-0.2, 0) is 19.4 Å². The molecular weight excluding hydrogens is 226 g/mol. The first-order chi connectivity index (χ1) is 8.88. The first-order valence-corrected chi connectivity index (χ1v) is 6.17. The summed E-state index contributed by atoms with van der Waals surface area (Å²) < 4.78 is 5.91. The van der Waals surface area contributed by atoms with Gasteiger partial charge >= 0.3 is 0 Å². The largest absolute Gasteiger partial charge is 0.438 e. The molecule has 1 aromatic carbocycles. The standard InChI is InChI=1S/C14H15N3O/c15-8-10-4-1-2-7-13(10)18-14-11-5-3-6-12(11)16-9-17-14/h1-2,4,7,9H,3,5-6,8,15H2. The molecule has 1 aliphatic rings. The first-order valence-electron chi connectivity index (χ1n) is 6.17. The molecule has 0 bridgehead atoms. The fraction of sp³-hybridized carbons (Fsp3) is 0.286. The van der Waals surface area contributed by atoms with Gasteiger partial charge in [-0.2, -0.15) is 0 Å². The lowest BCUT2D eigenvalue weighted by Gasteiger charge is -2.11. The third kappa shape index (κ3) is 1.95. The summed E-state index contributed by atoms with van der Waals surface area (Å²) in [6.07, 6.45) is 4.72. The summed E-state index contributed by atoms with van der Waals surface area (Å²) in [5.74, 6) is 1.46. The zero-order chi connectivity index (χ0) is 12.4. The number of fused-ring (bicyclic) bond motifs is 1. The van der Waals surface area contributed by atoms with Crippen LogP contribution in [0.5, 0.6) is 11.6 Å². The van der Waals surface area contributed by atoms with E-state index in [1.807, 2.05) is 24.3 Å². The highest BCUT2D eigenvalue weighted by Gasteiger charge is 2.18. The number of nitrogens with zero attached hydrogens (tertiary/aromatic N) is 2. The summed E-state index contributed by atoms with van der Waals surface area (Å²) in [7, 11) is 0. The fourth-order valence-corrected chi connectivity index (χ4v) is 2.29. The Hall–Kier alpha value is -1.94. The molecule has 0 atom stereocenters. The van der Waals surface area contributed by atoms with Crippen LogP contribution in [0.15, 0.2) is 30.6 Å². The van der Waals surface area contributed by atoms with Crippen LogP contribution in [0, 0.1) is 0 Å². The Kier molecular flexibility index (Phi) is 2.94. The number of benzene rings is 1. The van der Waals surface area contributed by atoms with Crippen molar-refractivity contribution < 1.29 is 4.74 Å². The average Bonchev–Trinajstić information content (AvgIpc) is 2.89. The number of aryl methyl sites for hydroxylation is 1. The lowest BCUT2D eigenvalue weighted by Crippen LogP contribution is -2.01. The van der Waals surface area contributed by atoms with E-state index in [9.17, 15) is 0 Å². The predicted octanol–water partition coefficient (Wildman–Crippen LogP) is 2.22. The summed E-state index contributed by atoms with van der Waals surface area (Å²) in [5, 5.41) is 0. The van der Waals surface area contributed by atoms with Crippen LogP contribution in [0.25, 0.3) is 0 Å². The van der Waals surface area contributed by atoms with E-state index in [0.29, 0.717) is 12.4 Å². The molecule has 4 nitrogen and oxygen atoms in total. The second-order valence-electron chi connectivity index (χ2n) is 4.37. The second kappa shape index (κ2) is 4.74. The molecule has 1 aromatic heterocycles. The number of hydrogen-bond acceptors (Lipinski definition) is 4. The maximum absolute atomic E-state index is 5.91. The highest BCUT2D eigenvalue weighted by Crippen LogP contribution is 2.31. The Morgan fingerprint density at radius 1 is 1.17 bits per heavy atom. The van der Waals surface area contributed by atoms with Crippen molar-refractivity contribution in [2.24, 2.45) is 5.73 Å². The van der Waals surface area contributed by atoms with E-state index in [0.717, 1.165) is 41.8 Å². The van der Waals surface area contributed by atoms with Crippen LogP contribution in [0.3, 0.4) is 0 Å². The smallest absolute Gasteiger partial charge is 0.225 e. The molecule has 0 aliphatic heterocycles. The topological polar surface area (TPSA) is 61.0 Å². The van der Waals surface area contributed by atoms with Gasteiger partial charge in [-0.3, -0.25) is 0 Å². The van der Waals surface area contributed by atoms with Crippen LogP contribution in [0.2, 0.25) is 0 Å². The molecule has 0 saturated heterocycles. The summed E-state index contributed by atoms with van der Waals surface area (Å²) in [6, 6.07) is 7.79.